The summed E-state index contributed by atoms with van der Waals surface area (Å²) in [6.45, 7) is 3.97. The molecule has 25 heavy (non-hydrogen) atoms. The summed E-state index contributed by atoms with van der Waals surface area (Å²) in [6, 6.07) is 10.3. The first-order chi connectivity index (χ1) is 12.0. The standard InChI is InChI=1S/C18H18F2N2O3/c1-3-24-15-7-4-13(5-8-15)11-21-25-12(2)18(23)22-14-6-9-16(19)17(20)10-14/h4-12H,3H2,1-2H3,(H,22,23)/b21-11-/t12-/m0/s1. The summed E-state index contributed by atoms with van der Waals surface area (Å²) in [7, 11) is 0. The second kappa shape index (κ2) is 8.77. The first kappa shape index (κ1) is 18.4. The van der Waals surface area contributed by atoms with Crippen molar-refractivity contribution in [2.75, 3.05) is 11.9 Å². The number of carbonyl (C=O) groups excluding carboxylic acids is 1. The number of carbonyl (C=O) groups is 1. The fraction of sp³-hybridized carbons (Fsp3) is 0.222. The lowest BCUT2D eigenvalue weighted by atomic mass is 10.2. The van der Waals surface area contributed by atoms with E-state index < -0.39 is 23.6 Å². The minimum Gasteiger partial charge on any atom is -0.494 e. The second-order valence-corrected chi connectivity index (χ2v) is 5.10. The minimum atomic E-state index is -1.04. The predicted octanol–water partition coefficient (Wildman–Crippen LogP) is 3.74. The van der Waals surface area contributed by atoms with Gasteiger partial charge in [-0.3, -0.25) is 4.79 Å². The molecule has 0 saturated heterocycles. The van der Waals surface area contributed by atoms with Gasteiger partial charge in [-0.2, -0.15) is 0 Å². The molecule has 0 saturated carbocycles. The maximum atomic E-state index is 13.1. The van der Waals surface area contributed by atoms with Crippen molar-refractivity contribution >= 4 is 17.8 Å². The zero-order chi connectivity index (χ0) is 18.2. The zero-order valence-corrected chi connectivity index (χ0v) is 13.8. The second-order valence-electron chi connectivity index (χ2n) is 5.10. The van der Waals surface area contributed by atoms with Gasteiger partial charge in [-0.15, -0.1) is 0 Å². The molecule has 0 aromatic heterocycles. The van der Waals surface area contributed by atoms with E-state index in [-0.39, 0.29) is 5.69 Å². The van der Waals surface area contributed by atoms with Crippen molar-refractivity contribution in [3.05, 3.63) is 59.7 Å². The highest BCUT2D eigenvalue weighted by atomic mass is 19.2. The van der Waals surface area contributed by atoms with Gasteiger partial charge in [0.2, 0.25) is 6.10 Å². The first-order valence-electron chi connectivity index (χ1n) is 7.67. The van der Waals surface area contributed by atoms with Crippen molar-refractivity contribution in [1.82, 2.24) is 0 Å². The van der Waals surface area contributed by atoms with Gasteiger partial charge in [0.05, 0.1) is 12.8 Å². The Morgan fingerprint density at radius 3 is 2.56 bits per heavy atom. The third-order valence-corrected chi connectivity index (χ3v) is 3.17. The zero-order valence-electron chi connectivity index (χ0n) is 13.8. The SMILES string of the molecule is CCOc1ccc(/C=N\O[C@@H](C)C(=O)Nc2ccc(F)c(F)c2)cc1. The molecular formula is C18H18F2N2O3. The number of ether oxygens (including phenoxy) is 1. The predicted molar refractivity (Wildman–Crippen MR) is 90.7 cm³/mol. The van der Waals surface area contributed by atoms with Crippen LogP contribution >= 0.6 is 0 Å². The third-order valence-electron chi connectivity index (χ3n) is 3.17. The summed E-state index contributed by atoms with van der Waals surface area (Å²) in [4.78, 5) is 17.0. The Hall–Kier alpha value is -2.96. The van der Waals surface area contributed by atoms with Crippen LogP contribution in [0.1, 0.15) is 19.4 Å². The molecule has 0 aliphatic rings. The number of rotatable bonds is 7. The van der Waals surface area contributed by atoms with Gasteiger partial charge in [0.1, 0.15) is 5.75 Å². The minimum absolute atomic E-state index is 0.134. The molecule has 2 rings (SSSR count). The van der Waals surface area contributed by atoms with Crippen LogP contribution in [0.4, 0.5) is 14.5 Å². The van der Waals surface area contributed by atoms with E-state index in [0.29, 0.717) is 6.61 Å². The van der Waals surface area contributed by atoms with Crippen molar-refractivity contribution in [1.29, 1.82) is 0 Å². The maximum absolute atomic E-state index is 13.1. The molecule has 1 atom stereocenters. The molecule has 132 valence electrons. The number of oxime groups is 1. The van der Waals surface area contributed by atoms with E-state index in [0.717, 1.165) is 23.4 Å². The van der Waals surface area contributed by atoms with Crippen LogP contribution in [0.2, 0.25) is 0 Å². The molecule has 0 spiro atoms. The Morgan fingerprint density at radius 1 is 1.20 bits per heavy atom. The van der Waals surface area contributed by atoms with Gasteiger partial charge in [0, 0.05) is 11.8 Å². The summed E-state index contributed by atoms with van der Waals surface area (Å²) in [5, 5.41) is 6.17. The van der Waals surface area contributed by atoms with Crippen LogP contribution in [0.5, 0.6) is 5.75 Å². The van der Waals surface area contributed by atoms with E-state index >= 15 is 0 Å². The molecule has 0 bridgehead atoms. The average Bonchev–Trinajstić information content (AvgIpc) is 2.60. The largest absolute Gasteiger partial charge is 0.494 e. The number of nitrogens with zero attached hydrogens (tertiary/aromatic N) is 1. The quantitative estimate of drug-likeness (QED) is 0.612. The van der Waals surface area contributed by atoms with Gasteiger partial charge >= 0.3 is 0 Å². The lowest BCUT2D eigenvalue weighted by Gasteiger charge is -2.10. The Morgan fingerprint density at radius 2 is 1.92 bits per heavy atom. The van der Waals surface area contributed by atoms with Gasteiger partial charge in [-0.05, 0) is 55.8 Å². The van der Waals surface area contributed by atoms with E-state index in [9.17, 15) is 13.6 Å². The van der Waals surface area contributed by atoms with Gasteiger partial charge < -0.3 is 14.9 Å². The van der Waals surface area contributed by atoms with Gasteiger partial charge in [-0.25, -0.2) is 8.78 Å². The first-order valence-corrected chi connectivity index (χ1v) is 7.67. The molecule has 2 aromatic carbocycles. The highest BCUT2D eigenvalue weighted by Gasteiger charge is 2.15. The summed E-state index contributed by atoms with van der Waals surface area (Å²) >= 11 is 0. The molecule has 0 heterocycles. The van der Waals surface area contributed by atoms with E-state index in [1.165, 1.54) is 19.2 Å². The Kier molecular flexibility index (Phi) is 6.45. The Bertz CT molecular complexity index is 748. The Labute approximate surface area is 144 Å². The number of nitrogens with one attached hydrogen (secondary N) is 1. The lowest BCUT2D eigenvalue weighted by molar-refractivity contribution is -0.126. The van der Waals surface area contributed by atoms with Crippen LogP contribution < -0.4 is 10.1 Å². The highest BCUT2D eigenvalue weighted by molar-refractivity contribution is 5.93. The number of halogens is 2. The fourth-order valence-corrected chi connectivity index (χ4v) is 1.87. The molecule has 0 fully saturated rings. The summed E-state index contributed by atoms with van der Waals surface area (Å²) in [5.74, 6) is -1.81. The number of amides is 1. The molecule has 1 amide bonds. The van der Waals surface area contributed by atoms with Crippen LogP contribution in [0.15, 0.2) is 47.6 Å². The van der Waals surface area contributed by atoms with E-state index in [4.69, 9.17) is 9.57 Å². The third kappa shape index (κ3) is 5.56. The molecule has 5 nitrogen and oxygen atoms in total. The average molecular weight is 348 g/mol. The molecule has 1 N–H and O–H groups in total. The van der Waals surface area contributed by atoms with Crippen molar-refractivity contribution < 1.29 is 23.1 Å². The molecule has 0 aliphatic carbocycles. The highest BCUT2D eigenvalue weighted by Crippen LogP contribution is 2.14. The number of hydrogen-bond acceptors (Lipinski definition) is 4. The fourth-order valence-electron chi connectivity index (χ4n) is 1.87. The van der Waals surface area contributed by atoms with Crippen molar-refractivity contribution in [2.24, 2.45) is 5.16 Å². The van der Waals surface area contributed by atoms with Crippen LogP contribution in [0.3, 0.4) is 0 Å². The normalized spacial score (nSPS) is 12.0. The number of benzene rings is 2. The molecule has 0 unspecified atom stereocenters. The monoisotopic (exact) mass is 348 g/mol. The van der Waals surface area contributed by atoms with Gasteiger partial charge in [0.15, 0.2) is 11.6 Å². The van der Waals surface area contributed by atoms with E-state index in [2.05, 4.69) is 10.5 Å². The van der Waals surface area contributed by atoms with E-state index in [1.807, 2.05) is 6.92 Å². The molecule has 0 aliphatic heterocycles. The van der Waals surface area contributed by atoms with Crippen LogP contribution in [-0.4, -0.2) is 24.8 Å². The maximum Gasteiger partial charge on any atom is 0.267 e. The number of anilines is 1. The smallest absolute Gasteiger partial charge is 0.267 e. The molecule has 0 radical (unpaired) electrons. The molecular weight excluding hydrogens is 330 g/mol. The summed E-state index contributed by atoms with van der Waals surface area (Å²) < 4.78 is 31.3. The number of hydrogen-bond donors (Lipinski definition) is 1. The van der Waals surface area contributed by atoms with Crippen molar-refractivity contribution in [3.63, 3.8) is 0 Å². The molecule has 2 aromatic rings. The summed E-state index contributed by atoms with van der Waals surface area (Å²) in [6.07, 6.45) is 0.545. The van der Waals surface area contributed by atoms with E-state index in [1.54, 1.807) is 24.3 Å². The van der Waals surface area contributed by atoms with Crippen molar-refractivity contribution in [3.8, 4) is 5.75 Å². The van der Waals surface area contributed by atoms with Gasteiger partial charge in [-0.1, -0.05) is 5.16 Å². The lowest BCUT2D eigenvalue weighted by Crippen LogP contribution is -2.26. The van der Waals surface area contributed by atoms with Crippen molar-refractivity contribution in [2.45, 2.75) is 20.0 Å². The van der Waals surface area contributed by atoms with Crippen LogP contribution in [-0.2, 0) is 9.63 Å². The van der Waals surface area contributed by atoms with Crippen LogP contribution in [0.25, 0.3) is 0 Å². The van der Waals surface area contributed by atoms with Crippen LogP contribution in [0, 0.1) is 11.6 Å². The Balaban J connectivity index is 1.86. The van der Waals surface area contributed by atoms with Gasteiger partial charge in [0.25, 0.3) is 5.91 Å². The molecule has 7 heteroatoms. The summed E-state index contributed by atoms with van der Waals surface area (Å²) in [5.41, 5.74) is 0.909. The topological polar surface area (TPSA) is 59.9 Å².